The van der Waals surface area contributed by atoms with Gasteiger partial charge in [-0.15, -0.1) is 0 Å². The third-order valence-electron chi connectivity index (χ3n) is 3.40. The number of benzene rings is 1. The van der Waals surface area contributed by atoms with Gasteiger partial charge in [0, 0.05) is 20.1 Å². The lowest BCUT2D eigenvalue weighted by atomic mass is 10.0. The Morgan fingerprint density at radius 2 is 2.05 bits per heavy atom. The SMILES string of the molecule is CNC(=O)NC1CN(C(=O)c2cc(C)cc(OC)c2O)C1. The highest BCUT2D eigenvalue weighted by Crippen LogP contribution is 2.32. The normalized spacial score (nSPS) is 14.3. The lowest BCUT2D eigenvalue weighted by Gasteiger charge is -2.39. The van der Waals surface area contributed by atoms with Crippen molar-refractivity contribution in [2.45, 2.75) is 13.0 Å². The van der Waals surface area contributed by atoms with E-state index in [9.17, 15) is 14.7 Å². The third kappa shape index (κ3) is 3.01. The minimum Gasteiger partial charge on any atom is -0.504 e. The zero-order valence-corrected chi connectivity index (χ0v) is 12.3. The lowest BCUT2D eigenvalue weighted by molar-refractivity contribution is 0.0574. The molecule has 1 aliphatic rings. The molecule has 0 radical (unpaired) electrons. The fraction of sp³-hybridized carbons (Fsp3) is 0.429. The minimum atomic E-state index is -0.274. The standard InChI is InChI=1S/C14H19N3O4/c1-8-4-10(12(18)11(5-8)21-3)13(19)17-6-9(7-17)16-14(20)15-2/h4-5,9,18H,6-7H2,1-3H3,(H2,15,16,20). The van der Waals surface area contributed by atoms with Crippen molar-refractivity contribution in [2.24, 2.45) is 0 Å². The van der Waals surface area contributed by atoms with Crippen LogP contribution in [0.2, 0.25) is 0 Å². The number of urea groups is 1. The van der Waals surface area contributed by atoms with Crippen LogP contribution >= 0.6 is 0 Å². The number of aromatic hydroxyl groups is 1. The summed E-state index contributed by atoms with van der Waals surface area (Å²) in [5.74, 6) is -0.154. The predicted octanol–water partition coefficient (Wildman–Crippen LogP) is 0.463. The minimum absolute atomic E-state index is 0.0669. The largest absolute Gasteiger partial charge is 0.504 e. The Labute approximate surface area is 122 Å². The first-order chi connectivity index (χ1) is 9.96. The maximum absolute atomic E-state index is 12.4. The van der Waals surface area contributed by atoms with Gasteiger partial charge in [-0.2, -0.15) is 0 Å². The second-order valence-corrected chi connectivity index (χ2v) is 4.99. The van der Waals surface area contributed by atoms with E-state index in [1.54, 1.807) is 17.0 Å². The highest BCUT2D eigenvalue weighted by molar-refractivity contribution is 5.98. The molecular formula is C14H19N3O4. The van der Waals surface area contributed by atoms with Gasteiger partial charge in [-0.05, 0) is 24.6 Å². The molecule has 1 fully saturated rings. The van der Waals surface area contributed by atoms with Gasteiger partial charge in [0.15, 0.2) is 11.5 Å². The number of aryl methyl sites for hydroxylation is 1. The highest BCUT2D eigenvalue weighted by Gasteiger charge is 2.33. The number of amides is 3. The van der Waals surface area contributed by atoms with E-state index in [0.717, 1.165) is 5.56 Å². The summed E-state index contributed by atoms with van der Waals surface area (Å²) in [7, 11) is 2.98. The Bertz CT molecular complexity index is 568. The Morgan fingerprint density at radius 3 is 2.62 bits per heavy atom. The predicted molar refractivity (Wildman–Crippen MR) is 76.7 cm³/mol. The average Bonchev–Trinajstić information content (AvgIpc) is 2.43. The number of carbonyl (C=O) groups excluding carboxylic acids is 2. The van der Waals surface area contributed by atoms with Crippen molar-refractivity contribution in [3.63, 3.8) is 0 Å². The topological polar surface area (TPSA) is 90.9 Å². The third-order valence-corrected chi connectivity index (χ3v) is 3.40. The first kappa shape index (κ1) is 15.0. The van der Waals surface area contributed by atoms with E-state index in [-0.39, 0.29) is 35.0 Å². The van der Waals surface area contributed by atoms with Crippen molar-refractivity contribution in [1.29, 1.82) is 0 Å². The van der Waals surface area contributed by atoms with Gasteiger partial charge in [0.1, 0.15) is 0 Å². The second kappa shape index (κ2) is 5.90. The summed E-state index contributed by atoms with van der Waals surface area (Å²) in [6, 6.07) is 2.95. The number of nitrogens with zero attached hydrogens (tertiary/aromatic N) is 1. The molecule has 0 unspecified atom stereocenters. The van der Waals surface area contributed by atoms with Gasteiger partial charge in [0.05, 0.1) is 18.7 Å². The molecule has 0 aromatic heterocycles. The van der Waals surface area contributed by atoms with E-state index >= 15 is 0 Å². The molecule has 7 heteroatoms. The Hall–Kier alpha value is -2.44. The second-order valence-electron chi connectivity index (χ2n) is 4.99. The molecule has 0 spiro atoms. The van der Waals surface area contributed by atoms with Gasteiger partial charge in [0.25, 0.3) is 5.91 Å². The number of methoxy groups -OCH3 is 1. The molecule has 1 heterocycles. The molecular weight excluding hydrogens is 274 g/mol. The molecule has 1 saturated heterocycles. The number of ether oxygens (including phenoxy) is 1. The number of nitrogens with one attached hydrogen (secondary N) is 2. The maximum Gasteiger partial charge on any atom is 0.314 e. The summed E-state index contributed by atoms with van der Waals surface area (Å²) in [4.78, 5) is 25.1. The van der Waals surface area contributed by atoms with Gasteiger partial charge in [0.2, 0.25) is 0 Å². The van der Waals surface area contributed by atoms with Crippen LogP contribution in [0, 0.1) is 6.92 Å². The van der Waals surface area contributed by atoms with Crippen LogP contribution in [0.15, 0.2) is 12.1 Å². The average molecular weight is 293 g/mol. The monoisotopic (exact) mass is 293 g/mol. The Balaban J connectivity index is 2.06. The molecule has 114 valence electrons. The zero-order chi connectivity index (χ0) is 15.6. The summed E-state index contributed by atoms with van der Waals surface area (Å²) < 4.78 is 5.05. The molecule has 1 aromatic rings. The van der Waals surface area contributed by atoms with Crippen molar-refractivity contribution in [3.05, 3.63) is 23.3 Å². The highest BCUT2D eigenvalue weighted by atomic mass is 16.5. The van der Waals surface area contributed by atoms with Crippen LogP contribution in [-0.4, -0.2) is 55.2 Å². The van der Waals surface area contributed by atoms with Crippen LogP contribution in [0.4, 0.5) is 4.79 Å². The molecule has 0 atom stereocenters. The molecule has 3 N–H and O–H groups in total. The zero-order valence-electron chi connectivity index (χ0n) is 12.3. The van der Waals surface area contributed by atoms with Gasteiger partial charge >= 0.3 is 6.03 Å². The van der Waals surface area contributed by atoms with Crippen molar-refractivity contribution >= 4 is 11.9 Å². The van der Waals surface area contributed by atoms with E-state index in [0.29, 0.717) is 13.1 Å². The van der Waals surface area contributed by atoms with Crippen molar-refractivity contribution in [1.82, 2.24) is 15.5 Å². The fourth-order valence-electron chi connectivity index (χ4n) is 2.23. The fourth-order valence-corrected chi connectivity index (χ4v) is 2.23. The molecule has 3 amide bonds. The smallest absolute Gasteiger partial charge is 0.314 e. The van der Waals surface area contributed by atoms with Gasteiger partial charge in [-0.3, -0.25) is 4.79 Å². The van der Waals surface area contributed by atoms with E-state index in [2.05, 4.69) is 10.6 Å². The first-order valence-electron chi connectivity index (χ1n) is 6.61. The number of hydrogen-bond acceptors (Lipinski definition) is 4. The summed E-state index contributed by atoms with van der Waals surface area (Å²) >= 11 is 0. The number of carbonyl (C=O) groups is 2. The van der Waals surface area contributed by atoms with Gasteiger partial charge < -0.3 is 25.4 Å². The van der Waals surface area contributed by atoms with Gasteiger partial charge in [-0.1, -0.05) is 0 Å². The Kier molecular flexibility index (Phi) is 4.21. The number of hydrogen-bond donors (Lipinski definition) is 3. The van der Waals surface area contributed by atoms with Crippen molar-refractivity contribution in [3.8, 4) is 11.5 Å². The van der Waals surface area contributed by atoms with Crippen LogP contribution in [0.3, 0.4) is 0 Å². The summed E-state index contributed by atoms with van der Waals surface area (Å²) in [5, 5.41) is 15.2. The maximum atomic E-state index is 12.4. The molecule has 0 aliphatic carbocycles. The Morgan fingerprint density at radius 1 is 1.38 bits per heavy atom. The number of rotatable bonds is 3. The van der Waals surface area contributed by atoms with Crippen molar-refractivity contribution in [2.75, 3.05) is 27.2 Å². The summed E-state index contributed by atoms with van der Waals surface area (Å²) in [6.07, 6.45) is 0. The lowest BCUT2D eigenvalue weighted by Crippen LogP contribution is -2.62. The molecule has 21 heavy (non-hydrogen) atoms. The number of phenols is 1. The molecule has 1 aromatic carbocycles. The molecule has 2 rings (SSSR count). The summed E-state index contributed by atoms with van der Waals surface area (Å²) in [6.45, 7) is 2.66. The van der Waals surface area contributed by atoms with Crippen LogP contribution in [0.1, 0.15) is 15.9 Å². The number of phenolic OH excluding ortho intramolecular Hbond substituents is 1. The summed E-state index contributed by atoms with van der Waals surface area (Å²) in [5.41, 5.74) is 1.04. The molecule has 0 saturated carbocycles. The first-order valence-corrected chi connectivity index (χ1v) is 6.61. The van der Waals surface area contributed by atoms with E-state index in [1.165, 1.54) is 14.2 Å². The quantitative estimate of drug-likeness (QED) is 0.755. The number of likely N-dealkylation sites (tertiary alicyclic amines) is 1. The van der Waals surface area contributed by atoms with E-state index in [4.69, 9.17) is 4.74 Å². The van der Waals surface area contributed by atoms with Crippen LogP contribution in [0.25, 0.3) is 0 Å². The van der Waals surface area contributed by atoms with E-state index < -0.39 is 0 Å². The molecule has 7 nitrogen and oxygen atoms in total. The van der Waals surface area contributed by atoms with Crippen LogP contribution < -0.4 is 15.4 Å². The van der Waals surface area contributed by atoms with Crippen molar-refractivity contribution < 1.29 is 19.4 Å². The molecule has 0 bridgehead atoms. The molecule has 1 aliphatic heterocycles. The van der Waals surface area contributed by atoms with Gasteiger partial charge in [-0.25, -0.2) is 4.79 Å². The van der Waals surface area contributed by atoms with Crippen LogP contribution in [-0.2, 0) is 0 Å². The van der Waals surface area contributed by atoms with Crippen LogP contribution in [0.5, 0.6) is 11.5 Å². The van der Waals surface area contributed by atoms with E-state index in [1.807, 2.05) is 6.92 Å².